The van der Waals surface area contributed by atoms with Crippen molar-refractivity contribution in [2.45, 2.75) is 19.3 Å². The number of hydrogen-bond donors (Lipinski definition) is 2. The second-order valence-corrected chi connectivity index (χ2v) is 4.01. The summed E-state index contributed by atoms with van der Waals surface area (Å²) < 4.78 is 0. The Balaban J connectivity index is 2.12. The third kappa shape index (κ3) is 1.25. The average molecular weight is 184 g/mol. The van der Waals surface area contributed by atoms with E-state index in [9.17, 15) is 4.79 Å². The van der Waals surface area contributed by atoms with Crippen LogP contribution in [-0.4, -0.2) is 26.1 Å². The highest BCUT2D eigenvalue weighted by Gasteiger charge is 2.51. The number of amides is 1. The fourth-order valence-electron chi connectivity index (χ4n) is 2.72. The van der Waals surface area contributed by atoms with Crippen LogP contribution >= 0.6 is 0 Å². The summed E-state index contributed by atoms with van der Waals surface area (Å²) in [4.78, 5) is 16.5. The van der Waals surface area contributed by atoms with Gasteiger partial charge in [0.05, 0.1) is 12.5 Å². The van der Waals surface area contributed by atoms with E-state index in [1.54, 1.807) is 0 Å². The lowest BCUT2D eigenvalue weighted by Gasteiger charge is -2.25. The van der Waals surface area contributed by atoms with E-state index in [-0.39, 0.29) is 11.3 Å². The van der Waals surface area contributed by atoms with Gasteiger partial charge in [0.1, 0.15) is 0 Å². The van der Waals surface area contributed by atoms with Crippen LogP contribution in [0.3, 0.4) is 0 Å². The molecule has 4 nitrogen and oxygen atoms in total. The normalized spacial score (nSPS) is 37.5. The van der Waals surface area contributed by atoms with Crippen LogP contribution < -0.4 is 10.8 Å². The van der Waals surface area contributed by atoms with Gasteiger partial charge in [-0.3, -0.25) is 9.63 Å². The number of carbonyl (C=O) groups is 1. The lowest BCUT2D eigenvalue weighted by molar-refractivity contribution is -0.142. The van der Waals surface area contributed by atoms with Crippen molar-refractivity contribution in [3.63, 3.8) is 0 Å². The molecule has 2 N–H and O–H groups in total. The molecule has 0 spiro atoms. The van der Waals surface area contributed by atoms with Crippen molar-refractivity contribution in [2.75, 3.05) is 20.2 Å². The first-order chi connectivity index (χ1) is 6.29. The van der Waals surface area contributed by atoms with Gasteiger partial charge >= 0.3 is 0 Å². The van der Waals surface area contributed by atoms with Gasteiger partial charge in [0.2, 0.25) is 0 Å². The molecule has 0 aromatic rings. The van der Waals surface area contributed by atoms with E-state index in [0.29, 0.717) is 5.92 Å². The third-order valence-electron chi connectivity index (χ3n) is 3.44. The summed E-state index contributed by atoms with van der Waals surface area (Å²) in [6.07, 6.45) is 3.34. The van der Waals surface area contributed by atoms with E-state index in [4.69, 9.17) is 4.84 Å². The van der Waals surface area contributed by atoms with Crippen LogP contribution in [0, 0.1) is 11.3 Å². The maximum Gasteiger partial charge on any atom is 0.251 e. The Hall–Kier alpha value is -0.610. The number of rotatable bonds is 2. The maximum atomic E-state index is 11.8. The molecule has 2 atom stereocenters. The van der Waals surface area contributed by atoms with Crippen LogP contribution in [0.15, 0.2) is 0 Å². The molecule has 0 aromatic heterocycles. The Kier molecular flexibility index (Phi) is 2.26. The Morgan fingerprint density at radius 1 is 1.69 bits per heavy atom. The molecule has 1 saturated carbocycles. The molecule has 0 radical (unpaired) electrons. The zero-order valence-electron chi connectivity index (χ0n) is 7.93. The van der Waals surface area contributed by atoms with Crippen LogP contribution in [0.2, 0.25) is 0 Å². The van der Waals surface area contributed by atoms with Crippen molar-refractivity contribution >= 4 is 5.91 Å². The lowest BCUT2D eigenvalue weighted by atomic mass is 9.80. The van der Waals surface area contributed by atoms with Crippen molar-refractivity contribution in [1.29, 1.82) is 0 Å². The van der Waals surface area contributed by atoms with Crippen molar-refractivity contribution in [3.05, 3.63) is 0 Å². The highest BCUT2D eigenvalue weighted by Crippen LogP contribution is 2.45. The Morgan fingerprint density at radius 2 is 2.54 bits per heavy atom. The Labute approximate surface area is 78.0 Å². The number of hydrogen-bond acceptors (Lipinski definition) is 3. The molecular formula is C9H16N2O2. The molecule has 1 aliphatic heterocycles. The summed E-state index contributed by atoms with van der Waals surface area (Å²) in [7, 11) is 1.49. The van der Waals surface area contributed by atoms with Crippen LogP contribution in [0.4, 0.5) is 0 Å². The van der Waals surface area contributed by atoms with Gasteiger partial charge in [0.25, 0.3) is 5.91 Å². The van der Waals surface area contributed by atoms with Crippen molar-refractivity contribution < 1.29 is 9.63 Å². The second-order valence-electron chi connectivity index (χ2n) is 4.01. The van der Waals surface area contributed by atoms with Gasteiger partial charge in [-0.25, -0.2) is 5.48 Å². The molecule has 4 heteroatoms. The first-order valence-electron chi connectivity index (χ1n) is 4.84. The van der Waals surface area contributed by atoms with Crippen LogP contribution in [-0.2, 0) is 9.63 Å². The molecule has 0 bridgehead atoms. The molecule has 1 amide bonds. The largest absolute Gasteiger partial charge is 0.315 e. The number of hydroxylamine groups is 1. The van der Waals surface area contributed by atoms with Crippen molar-refractivity contribution in [1.82, 2.24) is 10.8 Å². The first kappa shape index (κ1) is 8.97. The van der Waals surface area contributed by atoms with E-state index in [1.807, 2.05) is 0 Å². The standard InChI is InChI=1S/C9H16N2O2/c1-13-11-8(12)9-4-2-3-7(9)5-10-6-9/h7,10H,2-6H2,1H3,(H,11,12)/t7-,9-/m1/s1. The van der Waals surface area contributed by atoms with Gasteiger partial charge in [-0.1, -0.05) is 6.42 Å². The number of carbonyl (C=O) groups excluding carboxylic acids is 1. The Bertz CT molecular complexity index is 208. The van der Waals surface area contributed by atoms with Gasteiger partial charge in [-0.2, -0.15) is 0 Å². The van der Waals surface area contributed by atoms with E-state index < -0.39 is 0 Å². The van der Waals surface area contributed by atoms with E-state index in [2.05, 4.69) is 10.8 Å². The summed E-state index contributed by atoms with van der Waals surface area (Å²) >= 11 is 0. The van der Waals surface area contributed by atoms with Crippen LogP contribution in [0.1, 0.15) is 19.3 Å². The quantitative estimate of drug-likeness (QED) is 0.596. The van der Waals surface area contributed by atoms with E-state index in [0.717, 1.165) is 19.5 Å². The smallest absolute Gasteiger partial charge is 0.251 e. The highest BCUT2D eigenvalue weighted by atomic mass is 16.6. The fourth-order valence-corrected chi connectivity index (χ4v) is 2.72. The van der Waals surface area contributed by atoms with Gasteiger partial charge in [-0.15, -0.1) is 0 Å². The predicted molar refractivity (Wildman–Crippen MR) is 47.8 cm³/mol. The molecule has 2 aliphatic rings. The summed E-state index contributed by atoms with van der Waals surface area (Å²) in [6, 6.07) is 0. The molecule has 74 valence electrons. The zero-order chi connectivity index (χ0) is 9.31. The second kappa shape index (κ2) is 3.27. The molecule has 1 saturated heterocycles. The monoisotopic (exact) mass is 184 g/mol. The predicted octanol–water partition coefficient (Wildman–Crippen LogP) is 0.0537. The summed E-state index contributed by atoms with van der Waals surface area (Å²) in [5, 5.41) is 3.29. The van der Waals surface area contributed by atoms with Gasteiger partial charge in [0.15, 0.2) is 0 Å². The summed E-state index contributed by atoms with van der Waals surface area (Å²) in [5.41, 5.74) is 2.30. The molecule has 0 unspecified atom stereocenters. The lowest BCUT2D eigenvalue weighted by Crippen LogP contribution is -2.43. The van der Waals surface area contributed by atoms with Crippen LogP contribution in [0.5, 0.6) is 0 Å². The van der Waals surface area contributed by atoms with Crippen molar-refractivity contribution in [2.24, 2.45) is 11.3 Å². The van der Waals surface area contributed by atoms with E-state index >= 15 is 0 Å². The minimum atomic E-state index is -0.171. The summed E-state index contributed by atoms with van der Waals surface area (Å²) in [5.74, 6) is 0.574. The van der Waals surface area contributed by atoms with E-state index in [1.165, 1.54) is 20.0 Å². The van der Waals surface area contributed by atoms with Gasteiger partial charge in [0, 0.05) is 6.54 Å². The molecule has 13 heavy (non-hydrogen) atoms. The fraction of sp³-hybridized carbons (Fsp3) is 0.889. The average Bonchev–Trinajstić information content (AvgIpc) is 2.61. The highest BCUT2D eigenvalue weighted by molar-refractivity contribution is 5.83. The molecule has 0 aromatic carbocycles. The maximum absolute atomic E-state index is 11.8. The summed E-state index contributed by atoms with van der Waals surface area (Å²) in [6.45, 7) is 1.80. The van der Waals surface area contributed by atoms with Gasteiger partial charge in [-0.05, 0) is 25.3 Å². The molecule has 2 rings (SSSR count). The minimum Gasteiger partial charge on any atom is -0.315 e. The molecular weight excluding hydrogens is 168 g/mol. The topological polar surface area (TPSA) is 50.4 Å². The number of nitrogens with one attached hydrogen (secondary N) is 2. The first-order valence-corrected chi connectivity index (χ1v) is 4.84. The van der Waals surface area contributed by atoms with Crippen LogP contribution in [0.25, 0.3) is 0 Å². The molecule has 2 fully saturated rings. The number of fused-ring (bicyclic) bond motifs is 1. The Morgan fingerprint density at radius 3 is 3.31 bits per heavy atom. The third-order valence-corrected chi connectivity index (χ3v) is 3.44. The van der Waals surface area contributed by atoms with Crippen molar-refractivity contribution in [3.8, 4) is 0 Å². The minimum absolute atomic E-state index is 0.0579. The molecule has 1 aliphatic carbocycles. The zero-order valence-corrected chi connectivity index (χ0v) is 7.93. The van der Waals surface area contributed by atoms with Gasteiger partial charge < -0.3 is 5.32 Å². The molecule has 1 heterocycles. The SMILES string of the molecule is CONC(=O)[C@@]12CCC[C@@H]1CNC2.